The topological polar surface area (TPSA) is 61.5 Å². The summed E-state index contributed by atoms with van der Waals surface area (Å²) in [5.74, 6) is 0. The SMILES string of the molecule is O=c1[nH]c2cc3cccnc3cc2[nH]1. The van der Waals surface area contributed by atoms with E-state index in [0.29, 0.717) is 0 Å². The van der Waals surface area contributed by atoms with Crippen molar-refractivity contribution in [2.24, 2.45) is 0 Å². The average Bonchev–Trinajstić information content (AvgIpc) is 2.53. The number of fused-ring (bicyclic) bond motifs is 2. The number of aromatic nitrogens is 3. The molecule has 0 fully saturated rings. The first-order chi connectivity index (χ1) is 6.83. The van der Waals surface area contributed by atoms with E-state index in [1.165, 1.54) is 0 Å². The van der Waals surface area contributed by atoms with Crippen molar-refractivity contribution < 1.29 is 0 Å². The predicted octanol–water partition coefficient (Wildman–Crippen LogP) is 1.40. The lowest BCUT2D eigenvalue weighted by molar-refractivity contribution is 1.22. The Kier molecular flexibility index (Phi) is 1.28. The fourth-order valence-corrected chi connectivity index (χ4v) is 1.60. The first-order valence-electron chi connectivity index (χ1n) is 4.30. The highest BCUT2D eigenvalue weighted by Gasteiger charge is 2.00. The van der Waals surface area contributed by atoms with Gasteiger partial charge in [-0.2, -0.15) is 0 Å². The van der Waals surface area contributed by atoms with Crippen LogP contribution in [0, 0.1) is 0 Å². The number of H-pyrrole nitrogens is 2. The summed E-state index contributed by atoms with van der Waals surface area (Å²) in [5, 5.41) is 1.02. The van der Waals surface area contributed by atoms with Crippen molar-refractivity contribution in [2.75, 3.05) is 0 Å². The van der Waals surface area contributed by atoms with E-state index in [1.54, 1.807) is 6.20 Å². The Bertz CT molecular complexity index is 610. The minimum absolute atomic E-state index is 0.185. The summed E-state index contributed by atoms with van der Waals surface area (Å²) in [7, 11) is 0. The van der Waals surface area contributed by atoms with Gasteiger partial charge in [0, 0.05) is 11.6 Å². The van der Waals surface area contributed by atoms with Gasteiger partial charge in [-0.25, -0.2) is 4.79 Å². The Balaban J connectivity index is 2.57. The number of aromatic amines is 2. The maximum absolute atomic E-state index is 11.0. The summed E-state index contributed by atoms with van der Waals surface area (Å²) in [4.78, 5) is 20.7. The normalized spacial score (nSPS) is 11.1. The largest absolute Gasteiger partial charge is 0.323 e. The van der Waals surface area contributed by atoms with Crippen LogP contribution >= 0.6 is 0 Å². The number of imidazole rings is 1. The number of hydrogen-bond donors (Lipinski definition) is 2. The smallest absolute Gasteiger partial charge is 0.306 e. The Hall–Kier alpha value is -2.10. The molecule has 0 atom stereocenters. The second kappa shape index (κ2) is 2.45. The number of pyridine rings is 1. The highest BCUT2D eigenvalue weighted by molar-refractivity contribution is 5.92. The zero-order valence-corrected chi connectivity index (χ0v) is 7.24. The molecule has 0 saturated heterocycles. The van der Waals surface area contributed by atoms with Crippen LogP contribution in [-0.2, 0) is 0 Å². The van der Waals surface area contributed by atoms with Crippen molar-refractivity contribution in [2.45, 2.75) is 0 Å². The highest BCUT2D eigenvalue weighted by atomic mass is 16.1. The second-order valence-corrected chi connectivity index (χ2v) is 3.17. The fourth-order valence-electron chi connectivity index (χ4n) is 1.60. The maximum Gasteiger partial charge on any atom is 0.323 e. The first-order valence-corrected chi connectivity index (χ1v) is 4.30. The maximum atomic E-state index is 11.0. The van der Waals surface area contributed by atoms with E-state index in [-0.39, 0.29) is 5.69 Å². The second-order valence-electron chi connectivity index (χ2n) is 3.17. The van der Waals surface area contributed by atoms with E-state index in [1.807, 2.05) is 24.3 Å². The van der Waals surface area contributed by atoms with Gasteiger partial charge in [-0.1, -0.05) is 6.07 Å². The van der Waals surface area contributed by atoms with Crippen LogP contribution in [0.2, 0.25) is 0 Å². The number of nitrogens with zero attached hydrogens (tertiary/aromatic N) is 1. The molecule has 0 aliphatic rings. The Morgan fingerprint density at radius 3 is 2.79 bits per heavy atom. The molecule has 1 aromatic carbocycles. The van der Waals surface area contributed by atoms with Crippen LogP contribution in [0.4, 0.5) is 0 Å². The van der Waals surface area contributed by atoms with Gasteiger partial charge in [-0.3, -0.25) is 4.98 Å². The third kappa shape index (κ3) is 0.939. The monoisotopic (exact) mass is 185 g/mol. The number of rotatable bonds is 0. The molecule has 0 bridgehead atoms. The van der Waals surface area contributed by atoms with E-state index in [9.17, 15) is 4.79 Å². The summed E-state index contributed by atoms with van der Waals surface area (Å²) in [6.07, 6.45) is 1.74. The van der Waals surface area contributed by atoms with Crippen LogP contribution in [-0.4, -0.2) is 15.0 Å². The quantitative estimate of drug-likeness (QED) is 0.556. The summed E-state index contributed by atoms with van der Waals surface area (Å²) in [6.45, 7) is 0. The van der Waals surface area contributed by atoms with Crippen LogP contribution in [0.1, 0.15) is 0 Å². The van der Waals surface area contributed by atoms with Crippen LogP contribution in [0.15, 0.2) is 35.3 Å². The van der Waals surface area contributed by atoms with Crippen LogP contribution in [0.3, 0.4) is 0 Å². The van der Waals surface area contributed by atoms with Crippen molar-refractivity contribution >= 4 is 21.9 Å². The number of hydrogen-bond acceptors (Lipinski definition) is 2. The zero-order valence-electron chi connectivity index (χ0n) is 7.24. The van der Waals surface area contributed by atoms with Gasteiger partial charge < -0.3 is 9.97 Å². The third-order valence-electron chi connectivity index (χ3n) is 2.24. The van der Waals surface area contributed by atoms with Crippen LogP contribution in [0.25, 0.3) is 21.9 Å². The summed E-state index contributed by atoms with van der Waals surface area (Å²) < 4.78 is 0. The number of nitrogens with one attached hydrogen (secondary N) is 2. The summed E-state index contributed by atoms with van der Waals surface area (Å²) >= 11 is 0. The standard InChI is InChI=1S/C10H7N3O/c14-10-12-8-4-6-2-1-3-11-7(6)5-9(8)13-10/h1-5H,(H2,12,13,14). The molecule has 4 heteroatoms. The Morgan fingerprint density at radius 1 is 1.14 bits per heavy atom. The minimum Gasteiger partial charge on any atom is -0.306 e. The first kappa shape index (κ1) is 7.32. The third-order valence-corrected chi connectivity index (χ3v) is 2.24. The van der Waals surface area contributed by atoms with Gasteiger partial charge in [0.25, 0.3) is 0 Å². The lowest BCUT2D eigenvalue weighted by atomic mass is 10.2. The molecule has 2 aromatic heterocycles. The van der Waals surface area contributed by atoms with E-state index in [2.05, 4.69) is 15.0 Å². The van der Waals surface area contributed by atoms with Gasteiger partial charge in [0.05, 0.1) is 16.6 Å². The zero-order chi connectivity index (χ0) is 9.54. The molecule has 68 valence electrons. The minimum atomic E-state index is -0.185. The Labute approximate surface area is 78.6 Å². The number of benzene rings is 1. The molecule has 0 aliphatic carbocycles. The highest BCUT2D eigenvalue weighted by Crippen LogP contribution is 2.16. The molecular formula is C10H7N3O. The lowest BCUT2D eigenvalue weighted by Crippen LogP contribution is -1.99. The molecule has 3 aromatic rings. The van der Waals surface area contributed by atoms with Crippen molar-refractivity contribution in [1.82, 2.24) is 15.0 Å². The fraction of sp³-hybridized carbons (Fsp3) is 0. The van der Waals surface area contributed by atoms with Gasteiger partial charge in [-0.15, -0.1) is 0 Å². The van der Waals surface area contributed by atoms with E-state index >= 15 is 0 Å². The van der Waals surface area contributed by atoms with Crippen molar-refractivity contribution in [1.29, 1.82) is 0 Å². The summed E-state index contributed by atoms with van der Waals surface area (Å²) in [6, 6.07) is 7.62. The van der Waals surface area contributed by atoms with E-state index in [4.69, 9.17) is 0 Å². The van der Waals surface area contributed by atoms with Gasteiger partial charge in [0.1, 0.15) is 0 Å². The van der Waals surface area contributed by atoms with Crippen LogP contribution < -0.4 is 5.69 Å². The molecule has 14 heavy (non-hydrogen) atoms. The Morgan fingerprint density at radius 2 is 1.93 bits per heavy atom. The lowest BCUT2D eigenvalue weighted by Gasteiger charge is -1.95. The molecule has 3 rings (SSSR count). The molecule has 0 unspecified atom stereocenters. The summed E-state index contributed by atoms with van der Waals surface area (Å²) in [5.41, 5.74) is 2.31. The molecule has 2 N–H and O–H groups in total. The van der Waals surface area contributed by atoms with E-state index < -0.39 is 0 Å². The average molecular weight is 185 g/mol. The van der Waals surface area contributed by atoms with Crippen molar-refractivity contribution in [3.63, 3.8) is 0 Å². The van der Waals surface area contributed by atoms with Crippen molar-refractivity contribution in [3.8, 4) is 0 Å². The van der Waals surface area contributed by atoms with Gasteiger partial charge >= 0.3 is 5.69 Å². The molecule has 0 amide bonds. The molecule has 0 saturated carbocycles. The van der Waals surface area contributed by atoms with E-state index in [0.717, 1.165) is 21.9 Å². The molecule has 0 radical (unpaired) electrons. The predicted molar refractivity (Wildman–Crippen MR) is 54.2 cm³/mol. The molecular weight excluding hydrogens is 178 g/mol. The van der Waals surface area contributed by atoms with Crippen LogP contribution in [0.5, 0.6) is 0 Å². The van der Waals surface area contributed by atoms with Crippen molar-refractivity contribution in [3.05, 3.63) is 40.9 Å². The molecule has 4 nitrogen and oxygen atoms in total. The molecule has 0 spiro atoms. The van der Waals surface area contributed by atoms with Gasteiger partial charge in [-0.05, 0) is 18.2 Å². The molecule has 2 heterocycles. The van der Waals surface area contributed by atoms with Gasteiger partial charge in [0.2, 0.25) is 0 Å². The molecule has 0 aliphatic heterocycles. The van der Waals surface area contributed by atoms with Gasteiger partial charge in [0.15, 0.2) is 0 Å².